The van der Waals surface area contributed by atoms with E-state index in [-0.39, 0.29) is 40.4 Å². The van der Waals surface area contributed by atoms with Gasteiger partial charge in [-0.15, -0.1) is 0 Å². The minimum atomic E-state index is -0.435. The molecule has 1 heterocycles. The molecule has 38 heavy (non-hydrogen) atoms. The van der Waals surface area contributed by atoms with Crippen LogP contribution in [0, 0.1) is 0 Å². The van der Waals surface area contributed by atoms with Gasteiger partial charge in [0.1, 0.15) is 17.2 Å². The van der Waals surface area contributed by atoms with Gasteiger partial charge in [0.25, 0.3) is 0 Å². The van der Waals surface area contributed by atoms with Crippen molar-refractivity contribution in [1.29, 1.82) is 0 Å². The summed E-state index contributed by atoms with van der Waals surface area (Å²) in [5.74, 6) is 0.113. The third-order valence-electron chi connectivity index (χ3n) is 7.46. The van der Waals surface area contributed by atoms with E-state index in [4.69, 9.17) is 14.2 Å². The van der Waals surface area contributed by atoms with Gasteiger partial charge in [-0.05, 0) is 71.8 Å². The first-order chi connectivity index (χ1) is 18.3. The van der Waals surface area contributed by atoms with Crippen molar-refractivity contribution in [3.63, 3.8) is 0 Å². The number of hydrogen-bond donors (Lipinski definition) is 5. The van der Waals surface area contributed by atoms with Crippen LogP contribution in [-0.4, -0.2) is 39.8 Å². The van der Waals surface area contributed by atoms with Gasteiger partial charge in [-0.3, -0.25) is 0 Å². The van der Waals surface area contributed by atoms with Crippen molar-refractivity contribution < 1.29 is 39.7 Å². The molecule has 4 aromatic rings. The van der Waals surface area contributed by atoms with Crippen LogP contribution in [0.3, 0.4) is 0 Å². The van der Waals surface area contributed by atoms with E-state index in [1.165, 1.54) is 20.3 Å². The number of ether oxygens (including phenoxy) is 3. The Morgan fingerprint density at radius 1 is 0.842 bits per heavy atom. The number of rotatable bonds is 4. The largest absolute Gasteiger partial charge is 0.508 e. The quantitative estimate of drug-likeness (QED) is 0.227. The molecule has 1 atom stereocenters. The lowest BCUT2D eigenvalue weighted by molar-refractivity contribution is 0.324. The second kappa shape index (κ2) is 8.69. The van der Waals surface area contributed by atoms with Gasteiger partial charge in [0.15, 0.2) is 23.0 Å². The lowest BCUT2D eigenvalue weighted by Crippen LogP contribution is -2.18. The molecular formula is C30H26O8. The van der Waals surface area contributed by atoms with Crippen LogP contribution in [0.4, 0.5) is 0 Å². The van der Waals surface area contributed by atoms with Crippen LogP contribution in [0.25, 0.3) is 11.1 Å². The Bertz CT molecular complexity index is 1610. The van der Waals surface area contributed by atoms with Crippen molar-refractivity contribution in [2.75, 3.05) is 14.2 Å². The molecule has 6 rings (SSSR count). The van der Waals surface area contributed by atoms with Gasteiger partial charge < -0.3 is 39.7 Å². The van der Waals surface area contributed by atoms with Gasteiger partial charge in [-0.25, -0.2) is 0 Å². The molecule has 0 bridgehead atoms. The molecule has 1 aliphatic heterocycles. The lowest BCUT2D eigenvalue weighted by atomic mass is 9.75. The molecule has 0 aromatic heterocycles. The van der Waals surface area contributed by atoms with Crippen LogP contribution in [-0.2, 0) is 19.3 Å². The zero-order valence-corrected chi connectivity index (χ0v) is 20.8. The molecule has 1 unspecified atom stereocenters. The molecule has 0 saturated heterocycles. The maximum absolute atomic E-state index is 11.2. The van der Waals surface area contributed by atoms with Crippen molar-refractivity contribution in [2.45, 2.75) is 25.2 Å². The number of phenols is 5. The summed E-state index contributed by atoms with van der Waals surface area (Å²) in [5, 5.41) is 52.4. The van der Waals surface area contributed by atoms with E-state index in [2.05, 4.69) is 0 Å². The molecule has 8 heteroatoms. The lowest BCUT2D eigenvalue weighted by Gasteiger charge is -2.34. The van der Waals surface area contributed by atoms with Gasteiger partial charge in [0.05, 0.1) is 14.2 Å². The van der Waals surface area contributed by atoms with Crippen LogP contribution >= 0.6 is 0 Å². The molecule has 1 aliphatic carbocycles. The molecule has 194 valence electrons. The highest BCUT2D eigenvalue weighted by Gasteiger charge is 2.37. The summed E-state index contributed by atoms with van der Waals surface area (Å²) in [7, 11) is 2.86. The topological polar surface area (TPSA) is 129 Å². The number of aryl methyl sites for hydroxylation is 1. The summed E-state index contributed by atoms with van der Waals surface area (Å²) in [4.78, 5) is 0. The summed E-state index contributed by atoms with van der Waals surface area (Å²) in [6.07, 6.45) is 1.69. The van der Waals surface area contributed by atoms with E-state index < -0.39 is 5.75 Å². The number of fused-ring (bicyclic) bond motifs is 6. The average molecular weight is 515 g/mol. The van der Waals surface area contributed by atoms with Crippen LogP contribution in [0.15, 0.2) is 48.5 Å². The van der Waals surface area contributed by atoms with Gasteiger partial charge in [0.2, 0.25) is 11.5 Å². The van der Waals surface area contributed by atoms with Crippen molar-refractivity contribution in [1.82, 2.24) is 0 Å². The van der Waals surface area contributed by atoms with E-state index in [1.54, 1.807) is 42.5 Å². The van der Waals surface area contributed by atoms with E-state index in [9.17, 15) is 25.5 Å². The molecule has 0 saturated carbocycles. The van der Waals surface area contributed by atoms with Crippen molar-refractivity contribution in [3.05, 3.63) is 76.3 Å². The van der Waals surface area contributed by atoms with Gasteiger partial charge in [-0.2, -0.15) is 0 Å². The van der Waals surface area contributed by atoms with E-state index in [0.717, 1.165) is 27.8 Å². The predicted molar refractivity (Wildman–Crippen MR) is 139 cm³/mol. The first-order valence-electron chi connectivity index (χ1n) is 12.2. The zero-order valence-electron chi connectivity index (χ0n) is 20.8. The molecule has 2 aliphatic rings. The second-order valence-electron chi connectivity index (χ2n) is 9.56. The summed E-state index contributed by atoms with van der Waals surface area (Å²) in [5.41, 5.74) is 5.69. The smallest absolute Gasteiger partial charge is 0.208 e. The molecule has 8 nitrogen and oxygen atoms in total. The Hall–Kier alpha value is -4.72. The Labute approximate surface area is 218 Å². The molecule has 0 spiro atoms. The molecule has 0 amide bonds. The average Bonchev–Trinajstić information content (AvgIpc) is 2.90. The van der Waals surface area contributed by atoms with Gasteiger partial charge in [0, 0.05) is 28.7 Å². The molecule has 0 fully saturated rings. The molecular weight excluding hydrogens is 488 g/mol. The minimum absolute atomic E-state index is 0.00281. The Kier molecular flexibility index (Phi) is 5.41. The number of methoxy groups -OCH3 is 2. The fraction of sp³-hybridized carbons (Fsp3) is 0.200. The number of aromatic hydroxyl groups is 5. The van der Waals surface area contributed by atoms with E-state index in [1.807, 2.05) is 0 Å². The fourth-order valence-electron chi connectivity index (χ4n) is 5.78. The predicted octanol–water partition coefficient (Wildman–Crippen LogP) is 5.48. The normalized spacial score (nSPS) is 14.9. The highest BCUT2D eigenvalue weighted by atomic mass is 16.5. The van der Waals surface area contributed by atoms with Crippen molar-refractivity contribution >= 4 is 0 Å². The number of phenolic OH excluding ortho intramolecular Hbond substituents is 5. The van der Waals surface area contributed by atoms with Crippen LogP contribution < -0.4 is 14.2 Å². The van der Waals surface area contributed by atoms with Crippen molar-refractivity contribution in [3.8, 4) is 62.9 Å². The van der Waals surface area contributed by atoms with Gasteiger partial charge >= 0.3 is 0 Å². The highest BCUT2D eigenvalue weighted by molar-refractivity contribution is 5.83. The van der Waals surface area contributed by atoms with Crippen LogP contribution in [0.1, 0.15) is 33.7 Å². The number of benzene rings is 4. The summed E-state index contributed by atoms with van der Waals surface area (Å²) < 4.78 is 17.0. The minimum Gasteiger partial charge on any atom is -0.508 e. The Morgan fingerprint density at radius 2 is 1.66 bits per heavy atom. The zero-order chi connectivity index (χ0) is 26.7. The van der Waals surface area contributed by atoms with Crippen LogP contribution in [0.2, 0.25) is 0 Å². The second-order valence-corrected chi connectivity index (χ2v) is 9.56. The third kappa shape index (κ3) is 3.52. The monoisotopic (exact) mass is 514 g/mol. The van der Waals surface area contributed by atoms with E-state index in [0.29, 0.717) is 41.9 Å². The highest BCUT2D eigenvalue weighted by Crippen LogP contribution is 2.58. The molecule has 0 radical (unpaired) electrons. The van der Waals surface area contributed by atoms with Crippen LogP contribution in [0.5, 0.6) is 51.7 Å². The summed E-state index contributed by atoms with van der Waals surface area (Å²) >= 11 is 0. The SMILES string of the molecule is COc1cc(CC2c3cc(O)c(O)c(OC)c3Oc3cc(O)c4c(c32)CCc2cc(O)ccc2-4)ccc1O. The number of hydrogen-bond acceptors (Lipinski definition) is 8. The summed E-state index contributed by atoms with van der Waals surface area (Å²) in [6, 6.07) is 13.3. The standard InChI is InChI=1S/C30H26O8/c1-36-24-10-14(3-8-21(24)32)9-19-20-12-23(34)28(35)30(37-2)29(20)38-25-13-22(33)26-17-7-5-16(31)11-15(17)4-6-18(26)27(19)25/h3,5,7-8,10-13,19,31-35H,4,6,9H2,1-2H3. The summed E-state index contributed by atoms with van der Waals surface area (Å²) in [6.45, 7) is 0. The van der Waals surface area contributed by atoms with Crippen molar-refractivity contribution in [2.24, 2.45) is 0 Å². The Balaban J connectivity index is 1.61. The maximum Gasteiger partial charge on any atom is 0.208 e. The Morgan fingerprint density at radius 3 is 2.42 bits per heavy atom. The fourth-order valence-corrected chi connectivity index (χ4v) is 5.78. The molecule has 5 N–H and O–H groups in total. The first kappa shape index (κ1) is 23.7. The molecule has 4 aromatic carbocycles. The maximum atomic E-state index is 11.2. The van der Waals surface area contributed by atoms with E-state index >= 15 is 0 Å². The van der Waals surface area contributed by atoms with Gasteiger partial charge in [-0.1, -0.05) is 12.1 Å². The third-order valence-corrected chi connectivity index (χ3v) is 7.46. The first-order valence-corrected chi connectivity index (χ1v) is 12.2.